The molecule has 0 saturated carbocycles. The number of oxazole rings is 1. The Morgan fingerprint density at radius 2 is 1.78 bits per heavy atom. The fourth-order valence-electron chi connectivity index (χ4n) is 1.35. The fourth-order valence-corrected chi connectivity index (χ4v) is 1.35. The number of ketones is 1. The van der Waals surface area contributed by atoms with E-state index in [4.69, 9.17) is 9.21 Å². The van der Waals surface area contributed by atoms with Crippen molar-refractivity contribution in [2.45, 2.75) is 54.4 Å². The quantitative estimate of drug-likeness (QED) is 0.569. The van der Waals surface area contributed by atoms with Crippen molar-refractivity contribution in [2.75, 3.05) is 0 Å². The summed E-state index contributed by atoms with van der Waals surface area (Å²) in [6, 6.07) is 7.73. The minimum Gasteiger partial charge on any atom is -0.441 e. The third-order valence-electron chi connectivity index (χ3n) is 2.29. The van der Waals surface area contributed by atoms with E-state index in [0.717, 1.165) is 29.7 Å². The summed E-state index contributed by atoms with van der Waals surface area (Å²) >= 11 is 0. The maximum Gasteiger partial charge on any atom is 0.192 e. The Morgan fingerprint density at radius 3 is 2.26 bits per heavy atom. The Hall–Kier alpha value is -2.23. The van der Waals surface area contributed by atoms with Gasteiger partial charge in [-0.25, -0.2) is 4.98 Å². The molecule has 4 nitrogen and oxygen atoms in total. The highest BCUT2D eigenvalue weighted by atomic mass is 16.3. The minimum atomic E-state index is 0.215. The van der Waals surface area contributed by atoms with E-state index in [1.54, 1.807) is 6.08 Å². The molecule has 4 heteroatoms. The van der Waals surface area contributed by atoms with Crippen LogP contribution in [0, 0.1) is 6.92 Å². The highest BCUT2D eigenvalue weighted by Crippen LogP contribution is 2.12. The molecule has 1 aromatic carbocycles. The van der Waals surface area contributed by atoms with Crippen molar-refractivity contribution in [1.82, 2.24) is 4.98 Å². The molecular formula is C19H29NO3. The lowest BCUT2D eigenvalue weighted by Crippen LogP contribution is -1.85. The summed E-state index contributed by atoms with van der Waals surface area (Å²) in [5, 5.41) is 0. The van der Waals surface area contributed by atoms with Gasteiger partial charge in [-0.05, 0) is 31.6 Å². The maximum absolute atomic E-state index is 10.5. The first kappa shape index (κ1) is 23.0. The lowest BCUT2D eigenvalue weighted by molar-refractivity contribution is -0.114. The first-order valence-corrected chi connectivity index (χ1v) is 8.00. The second kappa shape index (κ2) is 16.1. The average Bonchev–Trinajstić information content (AvgIpc) is 2.95. The molecule has 128 valence electrons. The highest BCUT2D eigenvalue weighted by molar-refractivity contribution is 5.89. The van der Waals surface area contributed by atoms with E-state index >= 15 is 0 Å². The summed E-state index contributed by atoms with van der Waals surface area (Å²) in [6.07, 6.45) is 5.84. The molecule has 0 radical (unpaired) electrons. The number of hydrogen-bond acceptors (Lipinski definition) is 4. The van der Waals surface area contributed by atoms with Crippen LogP contribution in [0.15, 0.2) is 40.8 Å². The number of allylic oxidation sites excluding steroid dienone is 2. The van der Waals surface area contributed by atoms with Gasteiger partial charge in [-0.3, -0.25) is 4.79 Å². The Bertz CT molecular complexity index is 538. The van der Waals surface area contributed by atoms with Crippen molar-refractivity contribution in [3.63, 3.8) is 0 Å². The number of benzene rings is 1. The molecule has 0 bridgehead atoms. The predicted molar refractivity (Wildman–Crippen MR) is 96.6 cm³/mol. The minimum absolute atomic E-state index is 0.215. The second-order valence-electron chi connectivity index (χ2n) is 4.07. The van der Waals surface area contributed by atoms with Gasteiger partial charge in [0, 0.05) is 13.3 Å². The SMILES string of the molecule is CC.CC/C=C\C(=O)CC.CC=O.Cc1nc2ccccc2o1. The molecule has 0 aliphatic heterocycles. The first-order valence-electron chi connectivity index (χ1n) is 8.00. The van der Waals surface area contributed by atoms with Crippen LogP contribution in [0.5, 0.6) is 0 Å². The lowest BCUT2D eigenvalue weighted by Gasteiger charge is -1.80. The van der Waals surface area contributed by atoms with E-state index in [1.165, 1.54) is 6.92 Å². The van der Waals surface area contributed by atoms with E-state index < -0.39 is 0 Å². The van der Waals surface area contributed by atoms with E-state index in [-0.39, 0.29) is 5.78 Å². The van der Waals surface area contributed by atoms with Crippen LogP contribution in [0.1, 0.15) is 53.4 Å². The van der Waals surface area contributed by atoms with Crippen LogP contribution in [0.4, 0.5) is 0 Å². The van der Waals surface area contributed by atoms with Gasteiger partial charge in [0.2, 0.25) is 0 Å². The highest BCUT2D eigenvalue weighted by Gasteiger charge is 1.97. The van der Waals surface area contributed by atoms with Crippen LogP contribution in [0.3, 0.4) is 0 Å². The zero-order chi connectivity index (χ0) is 18.1. The molecule has 0 aliphatic carbocycles. The van der Waals surface area contributed by atoms with E-state index in [9.17, 15) is 4.79 Å². The van der Waals surface area contributed by atoms with Crippen LogP contribution >= 0.6 is 0 Å². The average molecular weight is 319 g/mol. The van der Waals surface area contributed by atoms with Crippen molar-refractivity contribution in [3.8, 4) is 0 Å². The smallest absolute Gasteiger partial charge is 0.192 e. The molecule has 0 fully saturated rings. The van der Waals surface area contributed by atoms with Gasteiger partial charge in [0.1, 0.15) is 11.8 Å². The van der Waals surface area contributed by atoms with Crippen molar-refractivity contribution in [2.24, 2.45) is 0 Å². The number of aromatic nitrogens is 1. The molecule has 1 heterocycles. The van der Waals surface area contributed by atoms with Gasteiger partial charge < -0.3 is 9.21 Å². The topological polar surface area (TPSA) is 60.2 Å². The second-order valence-corrected chi connectivity index (χ2v) is 4.07. The van der Waals surface area contributed by atoms with Gasteiger partial charge >= 0.3 is 0 Å². The molecule has 0 saturated heterocycles. The molecule has 0 spiro atoms. The number of para-hydroxylation sites is 2. The molecule has 0 amide bonds. The number of nitrogens with zero attached hydrogens (tertiary/aromatic N) is 1. The Kier molecular flexibility index (Phi) is 16.2. The number of hydrogen-bond donors (Lipinski definition) is 0. The number of carbonyl (C=O) groups is 2. The lowest BCUT2D eigenvalue weighted by atomic mass is 10.3. The zero-order valence-electron chi connectivity index (χ0n) is 15.1. The summed E-state index contributed by atoms with van der Waals surface area (Å²) < 4.78 is 5.26. The number of rotatable bonds is 3. The largest absolute Gasteiger partial charge is 0.441 e. The summed E-state index contributed by atoms with van der Waals surface area (Å²) in [4.78, 5) is 23.4. The number of fused-ring (bicyclic) bond motifs is 1. The van der Waals surface area contributed by atoms with Gasteiger partial charge in [0.15, 0.2) is 17.3 Å². The van der Waals surface area contributed by atoms with E-state index in [1.807, 2.05) is 65.0 Å². The Balaban J connectivity index is 0. The molecule has 1 aromatic heterocycles. The van der Waals surface area contributed by atoms with Gasteiger partial charge in [0.05, 0.1) is 0 Å². The summed E-state index contributed by atoms with van der Waals surface area (Å²) in [7, 11) is 0. The normalized spacial score (nSPS) is 8.96. The predicted octanol–water partition coefficient (Wildman–Crippen LogP) is 5.30. The van der Waals surface area contributed by atoms with Gasteiger partial charge in [-0.1, -0.05) is 45.9 Å². The van der Waals surface area contributed by atoms with Crippen LogP contribution < -0.4 is 0 Å². The van der Waals surface area contributed by atoms with Crippen LogP contribution in [-0.2, 0) is 9.59 Å². The Morgan fingerprint density at radius 1 is 1.22 bits per heavy atom. The van der Waals surface area contributed by atoms with Crippen LogP contribution in [0.25, 0.3) is 11.1 Å². The molecule has 0 unspecified atom stereocenters. The van der Waals surface area contributed by atoms with Crippen molar-refractivity contribution >= 4 is 23.2 Å². The van der Waals surface area contributed by atoms with Crippen molar-refractivity contribution < 1.29 is 14.0 Å². The van der Waals surface area contributed by atoms with E-state index in [0.29, 0.717) is 6.42 Å². The molecule has 0 N–H and O–H groups in total. The molecule has 2 rings (SSSR count). The van der Waals surface area contributed by atoms with Crippen LogP contribution in [-0.4, -0.2) is 17.1 Å². The van der Waals surface area contributed by atoms with Gasteiger partial charge in [-0.15, -0.1) is 0 Å². The summed E-state index contributed by atoms with van der Waals surface area (Å²) in [5.74, 6) is 0.938. The molecule has 2 aromatic rings. The van der Waals surface area contributed by atoms with E-state index in [2.05, 4.69) is 4.98 Å². The van der Waals surface area contributed by atoms with Gasteiger partial charge in [0.25, 0.3) is 0 Å². The third kappa shape index (κ3) is 12.0. The van der Waals surface area contributed by atoms with Gasteiger partial charge in [-0.2, -0.15) is 0 Å². The molecule has 23 heavy (non-hydrogen) atoms. The summed E-state index contributed by atoms with van der Waals surface area (Å²) in [5.41, 5.74) is 1.79. The monoisotopic (exact) mass is 319 g/mol. The molecule has 0 aliphatic rings. The van der Waals surface area contributed by atoms with Crippen LogP contribution in [0.2, 0.25) is 0 Å². The Labute approximate surface area is 139 Å². The number of carbonyl (C=O) groups excluding carboxylic acids is 2. The first-order chi connectivity index (χ1) is 11.1. The van der Waals surface area contributed by atoms with Crippen molar-refractivity contribution in [1.29, 1.82) is 0 Å². The van der Waals surface area contributed by atoms with Crippen molar-refractivity contribution in [3.05, 3.63) is 42.3 Å². The number of aryl methyl sites for hydroxylation is 1. The third-order valence-corrected chi connectivity index (χ3v) is 2.29. The standard InChI is InChI=1S/C8H7NO.C7H12O.C2H4O.C2H6/c1-6-9-7-4-2-3-5-8(7)10-6;1-3-5-6-7(8)4-2;1-2-3;1-2/h2-5H,1H3;5-6H,3-4H2,1-2H3;2H,1H3;1-2H3/b;6-5-;;. The zero-order valence-corrected chi connectivity index (χ0v) is 15.1. The number of aldehydes is 1. The fraction of sp³-hybridized carbons (Fsp3) is 0.421. The molecule has 0 atom stereocenters. The molecular weight excluding hydrogens is 290 g/mol. The summed E-state index contributed by atoms with van der Waals surface area (Å²) in [6.45, 7) is 11.2. The maximum atomic E-state index is 10.5.